The Morgan fingerprint density at radius 2 is 1.82 bits per heavy atom. The topological polar surface area (TPSA) is 66.5 Å². The van der Waals surface area contributed by atoms with E-state index in [1.165, 1.54) is 4.31 Å². The number of amides is 1. The number of carbonyl (C=O) groups excluding carboxylic acids is 1. The molecule has 0 heterocycles. The molecule has 1 amide bonds. The normalized spacial score (nSPS) is 11.7. The van der Waals surface area contributed by atoms with Gasteiger partial charge in [-0.3, -0.25) is 4.79 Å². The molecule has 1 aromatic carbocycles. The van der Waals surface area contributed by atoms with Crippen LogP contribution < -0.4 is 5.32 Å². The van der Waals surface area contributed by atoms with Crippen LogP contribution in [-0.4, -0.2) is 44.5 Å². The number of halogens is 3. The Hall–Kier alpha value is -1.61. The van der Waals surface area contributed by atoms with Crippen LogP contribution in [0.3, 0.4) is 0 Å². The summed E-state index contributed by atoms with van der Waals surface area (Å²) in [6.45, 7) is 2.10. The smallest absolute Gasteiger partial charge is 0.257 e. The molecule has 0 atom stereocenters. The van der Waals surface area contributed by atoms with E-state index in [4.69, 9.17) is 0 Å². The van der Waals surface area contributed by atoms with Gasteiger partial charge in [0, 0.05) is 19.6 Å². The zero-order chi connectivity index (χ0) is 16.9. The molecule has 0 radical (unpaired) electrons. The number of rotatable bonds is 7. The van der Waals surface area contributed by atoms with Gasteiger partial charge >= 0.3 is 0 Å². The molecule has 1 aromatic rings. The van der Waals surface area contributed by atoms with Gasteiger partial charge in [-0.25, -0.2) is 25.9 Å². The maximum Gasteiger partial charge on any atom is 0.257 e. The van der Waals surface area contributed by atoms with E-state index >= 15 is 0 Å². The van der Waals surface area contributed by atoms with Crippen molar-refractivity contribution < 1.29 is 26.4 Å². The molecule has 0 aliphatic rings. The Labute approximate surface area is 127 Å². The summed E-state index contributed by atoms with van der Waals surface area (Å²) in [5, 5.41) is 2.23. The molecule has 0 aliphatic carbocycles. The summed E-state index contributed by atoms with van der Waals surface area (Å²) in [5.74, 6) is -5.12. The average molecular weight is 338 g/mol. The van der Waals surface area contributed by atoms with Gasteiger partial charge in [0.25, 0.3) is 5.91 Å². The zero-order valence-corrected chi connectivity index (χ0v) is 13.0. The summed E-state index contributed by atoms with van der Waals surface area (Å²) in [4.78, 5) is 11.7. The third kappa shape index (κ3) is 4.70. The predicted octanol–water partition coefficient (Wildman–Crippen LogP) is 1.51. The van der Waals surface area contributed by atoms with Gasteiger partial charge in [-0.15, -0.1) is 0 Å². The van der Waals surface area contributed by atoms with E-state index in [0.717, 1.165) is 6.26 Å². The van der Waals surface area contributed by atoms with E-state index in [9.17, 15) is 26.4 Å². The fourth-order valence-corrected chi connectivity index (χ4v) is 2.77. The molecule has 0 bridgehead atoms. The SMILES string of the molecule is CCN(CCCNC(=O)c1c(F)ccc(F)c1F)S(C)(=O)=O. The van der Waals surface area contributed by atoms with Gasteiger partial charge in [0.1, 0.15) is 11.4 Å². The summed E-state index contributed by atoms with van der Waals surface area (Å²) in [5.41, 5.74) is -0.990. The molecule has 1 N–H and O–H groups in total. The monoisotopic (exact) mass is 338 g/mol. The van der Waals surface area contributed by atoms with Crippen LogP contribution in [0, 0.1) is 17.5 Å². The molecule has 0 unspecified atom stereocenters. The average Bonchev–Trinajstić information content (AvgIpc) is 2.42. The lowest BCUT2D eigenvalue weighted by atomic mass is 10.1. The molecule has 22 heavy (non-hydrogen) atoms. The van der Waals surface area contributed by atoms with E-state index in [1.807, 2.05) is 0 Å². The summed E-state index contributed by atoms with van der Waals surface area (Å²) in [7, 11) is -3.34. The molecule has 1 rings (SSSR count). The second-order valence-electron chi connectivity index (χ2n) is 4.58. The second kappa shape index (κ2) is 7.59. The summed E-state index contributed by atoms with van der Waals surface area (Å²) < 4.78 is 63.6. The largest absolute Gasteiger partial charge is 0.352 e. The fraction of sp³-hybridized carbons (Fsp3) is 0.462. The van der Waals surface area contributed by atoms with Crippen LogP contribution in [0.25, 0.3) is 0 Å². The summed E-state index contributed by atoms with van der Waals surface area (Å²) in [6, 6.07) is 1.25. The molecular weight excluding hydrogens is 321 g/mol. The predicted molar refractivity (Wildman–Crippen MR) is 75.4 cm³/mol. The molecule has 0 aromatic heterocycles. The van der Waals surface area contributed by atoms with Crippen molar-refractivity contribution in [3.05, 3.63) is 35.1 Å². The van der Waals surface area contributed by atoms with Crippen LogP contribution >= 0.6 is 0 Å². The highest BCUT2D eigenvalue weighted by molar-refractivity contribution is 7.88. The van der Waals surface area contributed by atoms with Crippen LogP contribution in [0.5, 0.6) is 0 Å². The number of nitrogens with zero attached hydrogens (tertiary/aromatic N) is 1. The molecule has 0 saturated heterocycles. The van der Waals surface area contributed by atoms with Crippen molar-refractivity contribution in [2.75, 3.05) is 25.9 Å². The van der Waals surface area contributed by atoms with Gasteiger partial charge in [0.05, 0.1) is 6.26 Å². The van der Waals surface area contributed by atoms with Gasteiger partial charge in [-0.1, -0.05) is 6.92 Å². The van der Waals surface area contributed by atoms with Crippen molar-refractivity contribution in [3.63, 3.8) is 0 Å². The standard InChI is InChI=1S/C13H17F3N2O3S/c1-3-18(22(2,20)21)8-4-7-17-13(19)11-9(14)5-6-10(15)12(11)16/h5-6H,3-4,7-8H2,1-2H3,(H,17,19). The van der Waals surface area contributed by atoms with Crippen LogP contribution in [0.4, 0.5) is 13.2 Å². The van der Waals surface area contributed by atoms with Gasteiger partial charge in [-0.2, -0.15) is 0 Å². The Kier molecular flexibility index (Phi) is 6.36. The van der Waals surface area contributed by atoms with Crippen molar-refractivity contribution in [2.24, 2.45) is 0 Å². The molecule has 0 spiro atoms. The lowest BCUT2D eigenvalue weighted by molar-refractivity contribution is 0.0943. The Morgan fingerprint density at radius 1 is 1.23 bits per heavy atom. The number of nitrogens with one attached hydrogen (secondary N) is 1. The molecule has 5 nitrogen and oxygen atoms in total. The Morgan fingerprint density at radius 3 is 2.36 bits per heavy atom. The number of carbonyl (C=O) groups is 1. The first-order valence-corrected chi connectivity index (χ1v) is 8.40. The number of benzene rings is 1. The highest BCUT2D eigenvalue weighted by Crippen LogP contribution is 2.15. The van der Waals surface area contributed by atoms with Crippen LogP contribution in [-0.2, 0) is 10.0 Å². The molecule has 124 valence electrons. The minimum absolute atomic E-state index is 0.000245. The Balaban J connectivity index is 2.60. The lowest BCUT2D eigenvalue weighted by Crippen LogP contribution is -2.34. The van der Waals surface area contributed by atoms with E-state index < -0.39 is 38.9 Å². The van der Waals surface area contributed by atoms with E-state index in [2.05, 4.69) is 5.32 Å². The molecule has 0 fully saturated rings. The second-order valence-corrected chi connectivity index (χ2v) is 6.56. The fourth-order valence-electron chi connectivity index (χ4n) is 1.84. The van der Waals surface area contributed by atoms with Crippen molar-refractivity contribution in [3.8, 4) is 0 Å². The summed E-state index contributed by atoms with van der Waals surface area (Å²) >= 11 is 0. The van der Waals surface area contributed by atoms with E-state index in [-0.39, 0.29) is 26.1 Å². The van der Waals surface area contributed by atoms with E-state index in [1.54, 1.807) is 6.92 Å². The van der Waals surface area contributed by atoms with Gasteiger partial charge < -0.3 is 5.32 Å². The lowest BCUT2D eigenvalue weighted by Gasteiger charge is -2.17. The van der Waals surface area contributed by atoms with Crippen LogP contribution in [0.1, 0.15) is 23.7 Å². The molecule has 0 saturated carbocycles. The third-order valence-corrected chi connectivity index (χ3v) is 4.34. The first-order chi connectivity index (χ1) is 10.2. The quantitative estimate of drug-likeness (QED) is 0.605. The number of hydrogen-bond donors (Lipinski definition) is 1. The van der Waals surface area contributed by atoms with Crippen LogP contribution in [0.15, 0.2) is 12.1 Å². The molecule has 9 heteroatoms. The summed E-state index contributed by atoms with van der Waals surface area (Å²) in [6.07, 6.45) is 1.32. The highest BCUT2D eigenvalue weighted by Gasteiger charge is 2.20. The number of hydrogen-bond acceptors (Lipinski definition) is 3. The van der Waals surface area contributed by atoms with Crippen molar-refractivity contribution in [2.45, 2.75) is 13.3 Å². The first-order valence-electron chi connectivity index (χ1n) is 6.55. The van der Waals surface area contributed by atoms with Gasteiger partial charge in [-0.05, 0) is 18.6 Å². The highest BCUT2D eigenvalue weighted by atomic mass is 32.2. The van der Waals surface area contributed by atoms with Gasteiger partial charge in [0.2, 0.25) is 10.0 Å². The number of sulfonamides is 1. The third-order valence-electron chi connectivity index (χ3n) is 2.96. The van der Waals surface area contributed by atoms with Crippen molar-refractivity contribution in [1.29, 1.82) is 0 Å². The van der Waals surface area contributed by atoms with Gasteiger partial charge in [0.15, 0.2) is 11.6 Å². The maximum absolute atomic E-state index is 13.4. The zero-order valence-electron chi connectivity index (χ0n) is 12.2. The van der Waals surface area contributed by atoms with Crippen molar-refractivity contribution >= 4 is 15.9 Å². The first kappa shape index (κ1) is 18.4. The molecule has 0 aliphatic heterocycles. The minimum Gasteiger partial charge on any atom is -0.352 e. The van der Waals surface area contributed by atoms with E-state index in [0.29, 0.717) is 12.1 Å². The maximum atomic E-state index is 13.4. The molecular formula is C13H17F3N2O3S. The van der Waals surface area contributed by atoms with Crippen LogP contribution in [0.2, 0.25) is 0 Å². The minimum atomic E-state index is -3.34. The Bertz CT molecular complexity index is 650. The van der Waals surface area contributed by atoms with Crippen molar-refractivity contribution in [1.82, 2.24) is 9.62 Å².